The van der Waals surface area contributed by atoms with Gasteiger partial charge in [0.2, 0.25) is 6.08 Å². The van der Waals surface area contributed by atoms with Crippen LogP contribution in [-0.2, 0) is 4.79 Å². The molecular weight excluding hydrogens is 218 g/mol. The summed E-state index contributed by atoms with van der Waals surface area (Å²) in [5.41, 5.74) is -0.563. The van der Waals surface area contributed by atoms with Gasteiger partial charge in [-0.25, -0.2) is 9.18 Å². The monoisotopic (exact) mass is 221 g/mol. The van der Waals surface area contributed by atoms with E-state index >= 15 is 0 Å². The molecule has 15 heavy (non-hydrogen) atoms. The van der Waals surface area contributed by atoms with E-state index in [-0.39, 0.29) is 0 Å². The average Bonchev–Trinajstić information content (AvgIpc) is 2.10. The summed E-state index contributed by atoms with van der Waals surface area (Å²) in [7, 11) is 0. The molecule has 1 aromatic rings. The number of alkyl halides is 3. The summed E-state index contributed by atoms with van der Waals surface area (Å²) in [5, 5.41) is 0. The second kappa shape index (κ2) is 4.10. The highest BCUT2D eigenvalue weighted by molar-refractivity contribution is 5.52. The van der Waals surface area contributed by atoms with Crippen LogP contribution in [0.1, 0.15) is 0 Å². The van der Waals surface area contributed by atoms with Gasteiger partial charge in [0, 0.05) is 0 Å². The van der Waals surface area contributed by atoms with Crippen molar-refractivity contribution in [1.29, 1.82) is 0 Å². The van der Waals surface area contributed by atoms with E-state index < -0.39 is 23.6 Å². The maximum atomic E-state index is 13.1. The van der Waals surface area contributed by atoms with E-state index in [9.17, 15) is 22.4 Å². The number of halogens is 4. The lowest BCUT2D eigenvalue weighted by Gasteiger charge is -2.09. The maximum absolute atomic E-state index is 13.1. The van der Waals surface area contributed by atoms with Gasteiger partial charge in [-0.3, -0.25) is 0 Å². The highest BCUT2D eigenvalue weighted by Gasteiger charge is 2.32. The number of nitrogens with zero attached hydrogens (tertiary/aromatic N) is 1. The molecule has 0 amide bonds. The molecule has 0 aliphatic rings. The van der Waals surface area contributed by atoms with E-state index in [1.54, 1.807) is 0 Å². The summed E-state index contributed by atoms with van der Waals surface area (Å²) in [6.45, 7) is 0. The number of benzene rings is 1. The second-order valence-electron chi connectivity index (χ2n) is 2.34. The summed E-state index contributed by atoms with van der Waals surface area (Å²) in [4.78, 5) is 12.7. The lowest BCUT2D eigenvalue weighted by atomic mass is 10.3. The Labute approximate surface area is 81.0 Å². The minimum atomic E-state index is -5.00. The molecule has 0 aliphatic heterocycles. The topological polar surface area (TPSA) is 38.7 Å². The molecule has 7 heteroatoms. The maximum Gasteiger partial charge on any atom is 0.573 e. The fraction of sp³-hybridized carbons (Fsp3) is 0.125. The van der Waals surface area contributed by atoms with Crippen LogP contribution in [0.15, 0.2) is 23.2 Å². The molecule has 3 nitrogen and oxygen atoms in total. The van der Waals surface area contributed by atoms with Crippen LogP contribution in [0.4, 0.5) is 23.2 Å². The quantitative estimate of drug-likeness (QED) is 0.437. The smallest absolute Gasteiger partial charge is 0.403 e. The molecule has 0 unspecified atom stereocenters. The normalized spacial score (nSPS) is 10.7. The van der Waals surface area contributed by atoms with E-state index in [4.69, 9.17) is 0 Å². The lowest BCUT2D eigenvalue weighted by molar-refractivity contribution is -0.275. The Morgan fingerprint density at radius 3 is 2.53 bits per heavy atom. The van der Waals surface area contributed by atoms with Gasteiger partial charge < -0.3 is 4.74 Å². The predicted molar refractivity (Wildman–Crippen MR) is 40.9 cm³/mol. The first-order valence-corrected chi connectivity index (χ1v) is 3.56. The molecular formula is C8H3F4NO2. The van der Waals surface area contributed by atoms with Crippen LogP contribution in [0.25, 0.3) is 0 Å². The third-order valence-electron chi connectivity index (χ3n) is 1.33. The Balaban J connectivity index is 3.10. The molecule has 0 saturated carbocycles. The summed E-state index contributed by atoms with van der Waals surface area (Å²) >= 11 is 0. The van der Waals surface area contributed by atoms with E-state index in [0.717, 1.165) is 24.3 Å². The van der Waals surface area contributed by atoms with Crippen molar-refractivity contribution in [2.75, 3.05) is 0 Å². The first-order valence-electron chi connectivity index (χ1n) is 3.56. The number of aliphatic imine (C=N–C) groups is 1. The van der Waals surface area contributed by atoms with Gasteiger partial charge in [-0.2, -0.15) is 4.99 Å². The molecule has 1 rings (SSSR count). The van der Waals surface area contributed by atoms with Crippen LogP contribution >= 0.6 is 0 Å². The lowest BCUT2D eigenvalue weighted by Crippen LogP contribution is -2.17. The van der Waals surface area contributed by atoms with E-state index in [2.05, 4.69) is 9.73 Å². The van der Waals surface area contributed by atoms with Gasteiger partial charge in [-0.05, 0) is 12.1 Å². The number of isocyanates is 1. The van der Waals surface area contributed by atoms with Gasteiger partial charge in [-0.1, -0.05) is 6.07 Å². The van der Waals surface area contributed by atoms with Gasteiger partial charge in [-0.15, -0.1) is 13.2 Å². The molecule has 0 aromatic heterocycles. The number of ether oxygens (including phenoxy) is 1. The molecule has 1 aromatic carbocycles. The van der Waals surface area contributed by atoms with Crippen LogP contribution in [0.5, 0.6) is 5.75 Å². The van der Waals surface area contributed by atoms with Crippen LogP contribution < -0.4 is 4.74 Å². The van der Waals surface area contributed by atoms with Crippen LogP contribution in [0, 0.1) is 5.82 Å². The van der Waals surface area contributed by atoms with E-state index in [1.807, 2.05) is 0 Å². The fourth-order valence-corrected chi connectivity index (χ4v) is 0.838. The molecule has 0 fully saturated rings. The van der Waals surface area contributed by atoms with Crippen molar-refractivity contribution < 1.29 is 27.1 Å². The van der Waals surface area contributed by atoms with Crippen molar-refractivity contribution in [2.24, 2.45) is 4.99 Å². The number of hydrogen-bond donors (Lipinski definition) is 0. The molecule has 0 saturated heterocycles. The molecule has 0 atom stereocenters. The van der Waals surface area contributed by atoms with Gasteiger partial charge in [0.05, 0.1) is 0 Å². The van der Waals surface area contributed by atoms with Crippen LogP contribution in [0.3, 0.4) is 0 Å². The highest BCUT2D eigenvalue weighted by Crippen LogP contribution is 2.30. The second-order valence-corrected chi connectivity index (χ2v) is 2.34. The van der Waals surface area contributed by atoms with Gasteiger partial charge in [0.1, 0.15) is 5.69 Å². The SMILES string of the molecule is O=C=Nc1cccc(OC(F)(F)F)c1F. The minimum Gasteiger partial charge on any atom is -0.403 e. The zero-order chi connectivity index (χ0) is 11.5. The fourth-order valence-electron chi connectivity index (χ4n) is 0.838. The van der Waals surface area contributed by atoms with Crippen molar-refractivity contribution >= 4 is 11.8 Å². The molecule has 0 radical (unpaired) electrons. The molecule has 0 heterocycles. The van der Waals surface area contributed by atoms with Gasteiger partial charge in [0.15, 0.2) is 11.6 Å². The summed E-state index contributed by atoms with van der Waals surface area (Å²) in [6, 6.07) is 2.86. The Hall–Kier alpha value is -1.88. The third kappa shape index (κ3) is 3.07. The Morgan fingerprint density at radius 1 is 1.33 bits per heavy atom. The first-order chi connectivity index (χ1) is 6.94. The Morgan fingerprint density at radius 2 is 2.00 bits per heavy atom. The number of hydrogen-bond acceptors (Lipinski definition) is 3. The van der Waals surface area contributed by atoms with Crippen molar-refractivity contribution in [2.45, 2.75) is 6.36 Å². The van der Waals surface area contributed by atoms with Gasteiger partial charge in [0.25, 0.3) is 0 Å². The van der Waals surface area contributed by atoms with Crippen molar-refractivity contribution in [3.63, 3.8) is 0 Å². The predicted octanol–water partition coefficient (Wildman–Crippen LogP) is 2.69. The number of rotatable bonds is 2. The summed E-state index contributed by atoms with van der Waals surface area (Å²) in [6.07, 6.45) is -3.98. The third-order valence-corrected chi connectivity index (χ3v) is 1.33. The van der Waals surface area contributed by atoms with Crippen LogP contribution in [-0.4, -0.2) is 12.4 Å². The number of carbonyl (C=O) groups excluding carboxylic acids is 1. The molecule has 0 bridgehead atoms. The molecule has 0 N–H and O–H groups in total. The molecule has 0 aliphatic carbocycles. The van der Waals surface area contributed by atoms with Crippen LogP contribution in [0.2, 0.25) is 0 Å². The first kappa shape index (κ1) is 11.2. The van der Waals surface area contributed by atoms with E-state index in [1.165, 1.54) is 0 Å². The molecule has 0 spiro atoms. The highest BCUT2D eigenvalue weighted by atomic mass is 19.4. The zero-order valence-electron chi connectivity index (χ0n) is 7.01. The average molecular weight is 221 g/mol. The van der Waals surface area contributed by atoms with Crippen molar-refractivity contribution in [1.82, 2.24) is 0 Å². The van der Waals surface area contributed by atoms with Crippen molar-refractivity contribution in [3.05, 3.63) is 24.0 Å². The Kier molecular flexibility index (Phi) is 3.06. The summed E-state index contributed by atoms with van der Waals surface area (Å²) < 4.78 is 51.7. The van der Waals surface area contributed by atoms with Gasteiger partial charge >= 0.3 is 6.36 Å². The largest absolute Gasteiger partial charge is 0.573 e. The van der Waals surface area contributed by atoms with Crippen molar-refractivity contribution in [3.8, 4) is 5.75 Å². The minimum absolute atomic E-state index is 0.563. The summed E-state index contributed by atoms with van der Waals surface area (Å²) in [5.74, 6) is -2.41. The standard InChI is InChI=1S/C8H3F4NO2/c9-7-5(13-4-14)2-1-3-6(7)15-8(10,11)12/h1-3H. The zero-order valence-corrected chi connectivity index (χ0v) is 7.01. The van der Waals surface area contributed by atoms with E-state index in [0.29, 0.717) is 0 Å². The molecule has 80 valence electrons. The Bertz CT molecular complexity index is 410.